The first kappa shape index (κ1) is 12.3. The van der Waals surface area contributed by atoms with Crippen LogP contribution in [0.25, 0.3) is 0 Å². The van der Waals surface area contributed by atoms with Crippen molar-refractivity contribution in [2.45, 2.75) is 19.9 Å². The van der Waals surface area contributed by atoms with Crippen molar-refractivity contribution >= 4 is 27.3 Å². The van der Waals surface area contributed by atoms with Gasteiger partial charge in [-0.25, -0.2) is 4.79 Å². The van der Waals surface area contributed by atoms with Gasteiger partial charge < -0.3 is 0 Å². The predicted molar refractivity (Wildman–Crippen MR) is 71.8 cm³/mol. The predicted octanol–water partition coefficient (Wildman–Crippen LogP) is 1.97. The fourth-order valence-corrected chi connectivity index (χ4v) is 3.01. The largest absolute Gasteiger partial charge is 0.328 e. The van der Waals surface area contributed by atoms with Crippen molar-refractivity contribution in [3.05, 3.63) is 53.4 Å². The highest BCUT2D eigenvalue weighted by molar-refractivity contribution is 9.11. The summed E-state index contributed by atoms with van der Waals surface area (Å²) in [6.45, 7) is 2.37. The molecule has 0 saturated carbocycles. The van der Waals surface area contributed by atoms with E-state index >= 15 is 0 Å². The van der Waals surface area contributed by atoms with E-state index < -0.39 is 0 Å². The van der Waals surface area contributed by atoms with Gasteiger partial charge in [0.15, 0.2) is 0 Å². The Morgan fingerprint density at radius 2 is 2.18 bits per heavy atom. The number of thiophene rings is 1. The zero-order valence-electron chi connectivity index (χ0n) is 9.20. The smallest absolute Gasteiger partial charge is 0.295 e. The third kappa shape index (κ3) is 2.76. The van der Waals surface area contributed by atoms with Gasteiger partial charge in [-0.3, -0.25) is 14.3 Å². The molecule has 0 aliphatic carbocycles. The highest BCUT2D eigenvalue weighted by atomic mass is 79.9. The lowest BCUT2D eigenvalue weighted by molar-refractivity contribution is 0.715. The molecule has 2 heterocycles. The van der Waals surface area contributed by atoms with E-state index in [-0.39, 0.29) is 11.2 Å². The highest BCUT2D eigenvalue weighted by Crippen LogP contribution is 2.22. The second kappa shape index (κ2) is 5.01. The molecule has 0 aliphatic heterocycles. The number of aromatic nitrogens is 2. The minimum absolute atomic E-state index is 0.291. The lowest BCUT2D eigenvalue weighted by Crippen LogP contribution is -2.31. The molecular weight excluding hydrogens is 304 g/mol. The normalized spacial score (nSPS) is 10.7. The number of rotatable bonds is 3. The van der Waals surface area contributed by atoms with Gasteiger partial charge in [0.25, 0.3) is 5.56 Å². The molecular formula is C11H11BrN2O2S. The summed E-state index contributed by atoms with van der Waals surface area (Å²) in [5.74, 6) is 0. The van der Waals surface area contributed by atoms with E-state index in [1.165, 1.54) is 4.57 Å². The zero-order chi connectivity index (χ0) is 12.4. The topological polar surface area (TPSA) is 54.9 Å². The molecule has 4 nitrogen and oxygen atoms in total. The summed E-state index contributed by atoms with van der Waals surface area (Å²) >= 11 is 4.95. The maximum Gasteiger partial charge on any atom is 0.328 e. The summed E-state index contributed by atoms with van der Waals surface area (Å²) in [5, 5.41) is 0. The number of halogens is 1. The van der Waals surface area contributed by atoms with E-state index in [1.807, 2.05) is 19.1 Å². The van der Waals surface area contributed by atoms with Crippen LogP contribution in [0.4, 0.5) is 0 Å². The standard InChI is InChI=1S/C11H11BrN2O2S/c1-2-7-5-14(11(16)13-10(7)15)6-8-3-4-9(12)17-8/h3-5H,2,6H2,1H3,(H,13,15,16). The Morgan fingerprint density at radius 1 is 1.41 bits per heavy atom. The second-order valence-electron chi connectivity index (χ2n) is 3.60. The Labute approximate surface area is 110 Å². The Morgan fingerprint density at radius 3 is 2.76 bits per heavy atom. The zero-order valence-corrected chi connectivity index (χ0v) is 11.6. The van der Waals surface area contributed by atoms with E-state index in [0.717, 1.165) is 8.66 Å². The third-order valence-electron chi connectivity index (χ3n) is 2.42. The average molecular weight is 315 g/mol. The number of H-pyrrole nitrogens is 1. The van der Waals surface area contributed by atoms with Crippen molar-refractivity contribution in [2.75, 3.05) is 0 Å². The van der Waals surface area contributed by atoms with Gasteiger partial charge in [-0.15, -0.1) is 11.3 Å². The monoisotopic (exact) mass is 314 g/mol. The van der Waals surface area contributed by atoms with Crippen molar-refractivity contribution in [1.29, 1.82) is 0 Å². The fourth-order valence-electron chi connectivity index (χ4n) is 1.53. The molecule has 0 aliphatic rings. The van der Waals surface area contributed by atoms with Crippen LogP contribution in [0.3, 0.4) is 0 Å². The molecule has 0 unspecified atom stereocenters. The van der Waals surface area contributed by atoms with Crippen molar-refractivity contribution < 1.29 is 0 Å². The second-order valence-corrected chi connectivity index (χ2v) is 6.15. The molecule has 0 saturated heterocycles. The van der Waals surface area contributed by atoms with Crippen LogP contribution >= 0.6 is 27.3 Å². The van der Waals surface area contributed by atoms with E-state index in [4.69, 9.17) is 0 Å². The van der Waals surface area contributed by atoms with Crippen molar-refractivity contribution in [1.82, 2.24) is 9.55 Å². The van der Waals surface area contributed by atoms with Gasteiger partial charge in [0.05, 0.1) is 10.3 Å². The first-order valence-corrected chi connectivity index (χ1v) is 6.78. The van der Waals surface area contributed by atoms with E-state index in [9.17, 15) is 9.59 Å². The number of nitrogens with zero attached hydrogens (tertiary/aromatic N) is 1. The summed E-state index contributed by atoms with van der Waals surface area (Å²) in [5.41, 5.74) is -0.0296. The first-order valence-electron chi connectivity index (χ1n) is 5.17. The average Bonchev–Trinajstić information content (AvgIpc) is 2.68. The number of hydrogen-bond donors (Lipinski definition) is 1. The van der Waals surface area contributed by atoms with Crippen LogP contribution in [0, 0.1) is 0 Å². The summed E-state index contributed by atoms with van der Waals surface area (Å²) in [6.07, 6.45) is 2.25. The van der Waals surface area contributed by atoms with Crippen molar-refractivity contribution in [2.24, 2.45) is 0 Å². The Hall–Kier alpha value is -1.14. The lowest BCUT2D eigenvalue weighted by atomic mass is 10.2. The summed E-state index contributed by atoms with van der Waals surface area (Å²) in [7, 11) is 0. The van der Waals surface area contributed by atoms with Gasteiger partial charge >= 0.3 is 5.69 Å². The molecule has 6 heteroatoms. The van der Waals surface area contributed by atoms with Gasteiger partial charge in [0, 0.05) is 16.6 Å². The summed E-state index contributed by atoms with van der Waals surface area (Å²) in [4.78, 5) is 26.4. The first-order chi connectivity index (χ1) is 8.10. The number of aryl methyl sites for hydroxylation is 1. The van der Waals surface area contributed by atoms with E-state index in [1.54, 1.807) is 17.5 Å². The minimum atomic E-state index is -0.364. The number of nitrogens with one attached hydrogen (secondary N) is 1. The molecule has 0 radical (unpaired) electrons. The quantitative estimate of drug-likeness (QED) is 0.941. The molecule has 0 atom stereocenters. The summed E-state index contributed by atoms with van der Waals surface area (Å²) < 4.78 is 2.55. The molecule has 2 rings (SSSR count). The Bertz CT molecular complexity index is 641. The summed E-state index contributed by atoms with van der Waals surface area (Å²) in [6, 6.07) is 3.90. The van der Waals surface area contributed by atoms with Crippen LogP contribution in [-0.2, 0) is 13.0 Å². The van der Waals surface area contributed by atoms with Gasteiger partial charge in [-0.1, -0.05) is 6.92 Å². The molecule has 2 aromatic heterocycles. The lowest BCUT2D eigenvalue weighted by Gasteiger charge is -2.04. The van der Waals surface area contributed by atoms with Crippen LogP contribution in [0.5, 0.6) is 0 Å². The van der Waals surface area contributed by atoms with Gasteiger partial charge in [0.2, 0.25) is 0 Å². The molecule has 90 valence electrons. The van der Waals surface area contributed by atoms with Crippen LogP contribution in [-0.4, -0.2) is 9.55 Å². The van der Waals surface area contributed by atoms with E-state index in [0.29, 0.717) is 18.5 Å². The SMILES string of the molecule is CCc1cn(Cc2ccc(Br)s2)c(=O)[nH]c1=O. The van der Waals surface area contributed by atoms with Crippen LogP contribution in [0.15, 0.2) is 31.7 Å². The molecule has 2 aromatic rings. The molecule has 0 spiro atoms. The van der Waals surface area contributed by atoms with Gasteiger partial charge in [-0.05, 0) is 34.5 Å². The Balaban J connectivity index is 2.39. The van der Waals surface area contributed by atoms with Crippen LogP contribution in [0.1, 0.15) is 17.4 Å². The molecule has 17 heavy (non-hydrogen) atoms. The maximum atomic E-state index is 11.6. The Kier molecular flexibility index (Phi) is 3.63. The maximum absolute atomic E-state index is 11.6. The molecule has 1 N–H and O–H groups in total. The fraction of sp³-hybridized carbons (Fsp3) is 0.273. The van der Waals surface area contributed by atoms with E-state index in [2.05, 4.69) is 20.9 Å². The molecule has 0 bridgehead atoms. The van der Waals surface area contributed by atoms with Gasteiger partial charge in [-0.2, -0.15) is 0 Å². The highest BCUT2D eigenvalue weighted by Gasteiger charge is 2.05. The minimum Gasteiger partial charge on any atom is -0.295 e. The van der Waals surface area contributed by atoms with Gasteiger partial charge in [0.1, 0.15) is 0 Å². The molecule has 0 fully saturated rings. The molecule has 0 amide bonds. The van der Waals surface area contributed by atoms with Crippen LogP contribution in [0.2, 0.25) is 0 Å². The number of aromatic amines is 1. The van der Waals surface area contributed by atoms with Crippen LogP contribution < -0.4 is 11.2 Å². The van der Waals surface area contributed by atoms with Crippen molar-refractivity contribution in [3.63, 3.8) is 0 Å². The third-order valence-corrected chi connectivity index (χ3v) is 4.03. The van der Waals surface area contributed by atoms with Crippen molar-refractivity contribution in [3.8, 4) is 0 Å². The number of hydrogen-bond acceptors (Lipinski definition) is 3. The molecule has 0 aromatic carbocycles.